The van der Waals surface area contributed by atoms with Gasteiger partial charge < -0.3 is 14.6 Å². The number of aromatic hydroxyl groups is 1. The molecule has 4 aliphatic rings. The molecule has 3 fully saturated rings. The molecule has 1 N–H and O–H groups in total. The van der Waals surface area contributed by atoms with Crippen LogP contribution in [0.3, 0.4) is 0 Å². The largest absolute Gasteiger partial charge is 0.504 e. The minimum absolute atomic E-state index is 0.000391. The minimum atomic E-state index is -0.244. The molecule has 0 bridgehead atoms. The number of likely N-dealkylation sites (tertiary alicyclic amines) is 1. The van der Waals surface area contributed by atoms with Gasteiger partial charge in [-0.05, 0) is 91.8 Å². The fraction of sp³-hybridized carbons (Fsp3) is 0.586. The first kappa shape index (κ1) is 25.8. The Labute approximate surface area is 227 Å². The highest BCUT2D eigenvalue weighted by Crippen LogP contribution is 2.50. The highest BCUT2D eigenvalue weighted by molar-refractivity contribution is 14.1. The predicted octanol–water partition coefficient (Wildman–Crippen LogP) is 5.86. The monoisotopic (exact) mass is 605 g/mol. The zero-order valence-corrected chi connectivity index (χ0v) is 23.5. The van der Waals surface area contributed by atoms with Crippen LogP contribution in [0.25, 0.3) is 6.08 Å². The first-order valence-corrected chi connectivity index (χ1v) is 14.3. The summed E-state index contributed by atoms with van der Waals surface area (Å²) in [6, 6.07) is 3.89. The number of hydrogen-bond donors (Lipinski definition) is 1. The lowest BCUT2D eigenvalue weighted by molar-refractivity contribution is -0.143. The lowest BCUT2D eigenvalue weighted by Gasteiger charge is -2.31. The molecule has 1 saturated carbocycles. The van der Waals surface area contributed by atoms with E-state index in [0.717, 1.165) is 47.7 Å². The van der Waals surface area contributed by atoms with Crippen LogP contribution in [0.4, 0.5) is 0 Å². The van der Waals surface area contributed by atoms with Gasteiger partial charge in [0.2, 0.25) is 11.8 Å². The molecule has 36 heavy (non-hydrogen) atoms. The summed E-state index contributed by atoms with van der Waals surface area (Å²) in [6.07, 6.45) is 9.85. The Balaban J connectivity index is 1.29. The maximum Gasteiger partial charge on any atom is 0.234 e. The van der Waals surface area contributed by atoms with Crippen LogP contribution in [0.1, 0.15) is 70.8 Å². The van der Waals surface area contributed by atoms with Crippen LogP contribution in [0, 0.1) is 21.3 Å². The molecule has 6 nitrogen and oxygen atoms in total. The molecular formula is C29H36INO5. The van der Waals surface area contributed by atoms with Crippen molar-refractivity contribution in [2.75, 3.05) is 13.7 Å². The van der Waals surface area contributed by atoms with E-state index in [-0.39, 0.29) is 47.5 Å². The standard InChI is InChI=1S/C29H36INO5/c1-16(11-18-13-22(30)27(32)24(14-18)35-3)9-10-23-25-17(2)12-20-26(21(25)15-36-23)29(34)31(28(20)33)19-7-5-4-6-8-19/h11,13-14,19-21,23,26,32H,4-10,12,15H2,1-3H3/b16-11+/t20-,21+,23-,26-/m1/s1. The van der Waals surface area contributed by atoms with Gasteiger partial charge in [0, 0.05) is 12.0 Å². The number of hydrogen-bond acceptors (Lipinski definition) is 5. The molecule has 4 atom stereocenters. The Morgan fingerprint density at radius 2 is 1.94 bits per heavy atom. The number of carbonyl (C=O) groups excluding carboxylic acids is 2. The Hall–Kier alpha value is -1.87. The van der Waals surface area contributed by atoms with Crippen molar-refractivity contribution < 1.29 is 24.2 Å². The van der Waals surface area contributed by atoms with E-state index in [1.807, 2.05) is 12.1 Å². The fourth-order valence-electron chi connectivity index (χ4n) is 6.90. The second-order valence-electron chi connectivity index (χ2n) is 10.9. The van der Waals surface area contributed by atoms with E-state index in [1.54, 1.807) is 12.0 Å². The number of phenolic OH excluding ortho intramolecular Hbond substituents is 1. The average Bonchev–Trinajstić information content (AvgIpc) is 3.39. The number of amides is 2. The van der Waals surface area contributed by atoms with E-state index in [0.29, 0.717) is 18.8 Å². The van der Waals surface area contributed by atoms with Crippen LogP contribution in [0.15, 0.2) is 28.9 Å². The highest BCUT2D eigenvalue weighted by Gasteiger charge is 2.57. The number of ether oxygens (including phenoxy) is 2. The van der Waals surface area contributed by atoms with Gasteiger partial charge in [-0.1, -0.05) is 36.5 Å². The summed E-state index contributed by atoms with van der Waals surface area (Å²) in [5, 5.41) is 10.1. The third-order valence-electron chi connectivity index (χ3n) is 8.61. The fourth-order valence-corrected chi connectivity index (χ4v) is 7.53. The van der Waals surface area contributed by atoms with Gasteiger partial charge in [-0.25, -0.2) is 0 Å². The molecule has 7 heteroatoms. The molecule has 2 aliphatic heterocycles. The lowest BCUT2D eigenvalue weighted by Crippen LogP contribution is -2.42. The van der Waals surface area contributed by atoms with Crippen LogP contribution in [-0.4, -0.2) is 47.7 Å². The molecule has 0 spiro atoms. The molecule has 194 valence electrons. The Bertz CT molecular complexity index is 1120. The zero-order chi connectivity index (χ0) is 25.6. The van der Waals surface area contributed by atoms with Crippen molar-refractivity contribution in [1.29, 1.82) is 0 Å². The van der Waals surface area contributed by atoms with Gasteiger partial charge in [0.25, 0.3) is 0 Å². The summed E-state index contributed by atoms with van der Waals surface area (Å²) in [6.45, 7) is 4.78. The van der Waals surface area contributed by atoms with Gasteiger partial charge in [-0.15, -0.1) is 0 Å². The van der Waals surface area contributed by atoms with Crippen molar-refractivity contribution in [3.63, 3.8) is 0 Å². The molecule has 0 aromatic heterocycles. The van der Waals surface area contributed by atoms with Crippen LogP contribution in [-0.2, 0) is 14.3 Å². The quantitative estimate of drug-likeness (QED) is 0.250. The van der Waals surface area contributed by atoms with E-state index in [1.165, 1.54) is 23.1 Å². The summed E-state index contributed by atoms with van der Waals surface area (Å²) in [5.74, 6) is 0.345. The molecule has 1 aromatic carbocycles. The van der Waals surface area contributed by atoms with Crippen molar-refractivity contribution in [2.45, 2.75) is 77.4 Å². The Kier molecular flexibility index (Phi) is 7.50. The van der Waals surface area contributed by atoms with E-state index in [4.69, 9.17) is 9.47 Å². The van der Waals surface area contributed by atoms with Gasteiger partial charge in [0.15, 0.2) is 11.5 Å². The molecular weight excluding hydrogens is 569 g/mol. The number of allylic oxidation sites excluding steroid dienone is 2. The lowest BCUT2D eigenvalue weighted by atomic mass is 9.70. The third kappa shape index (κ3) is 4.62. The van der Waals surface area contributed by atoms with Crippen molar-refractivity contribution in [1.82, 2.24) is 4.90 Å². The van der Waals surface area contributed by atoms with Crippen molar-refractivity contribution >= 4 is 40.5 Å². The maximum atomic E-state index is 13.6. The first-order chi connectivity index (χ1) is 17.3. The van der Waals surface area contributed by atoms with Crippen LogP contribution in [0.5, 0.6) is 11.5 Å². The normalized spacial score (nSPS) is 29.1. The van der Waals surface area contributed by atoms with Gasteiger partial charge in [-0.2, -0.15) is 0 Å². The van der Waals surface area contributed by atoms with Crippen molar-refractivity contribution in [3.05, 3.63) is 38.0 Å². The van der Waals surface area contributed by atoms with Crippen LogP contribution in [0.2, 0.25) is 0 Å². The van der Waals surface area contributed by atoms with E-state index in [9.17, 15) is 14.7 Å². The van der Waals surface area contributed by atoms with Gasteiger partial charge in [-0.3, -0.25) is 14.5 Å². The topological polar surface area (TPSA) is 76.1 Å². The number of carbonyl (C=O) groups is 2. The second-order valence-corrected chi connectivity index (χ2v) is 12.1. The van der Waals surface area contributed by atoms with E-state index in [2.05, 4.69) is 42.5 Å². The molecule has 1 aromatic rings. The van der Waals surface area contributed by atoms with Crippen LogP contribution >= 0.6 is 22.6 Å². The molecule has 2 heterocycles. The number of methoxy groups -OCH3 is 1. The molecule has 2 amide bonds. The smallest absolute Gasteiger partial charge is 0.234 e. The SMILES string of the molecule is COc1cc(/C=C(\C)CC[C@H]2OC[C@H]3C2=C(C)C[C@H]2C(=O)N(C4CCCCC4)C(=O)[C@H]23)cc(I)c1O. The number of nitrogens with zero attached hydrogens (tertiary/aromatic N) is 1. The van der Waals surface area contributed by atoms with E-state index < -0.39 is 0 Å². The Morgan fingerprint density at radius 1 is 1.19 bits per heavy atom. The first-order valence-electron chi connectivity index (χ1n) is 13.2. The molecule has 0 unspecified atom stereocenters. The average molecular weight is 606 g/mol. The number of imide groups is 1. The maximum absolute atomic E-state index is 13.6. The molecule has 2 aliphatic carbocycles. The third-order valence-corrected chi connectivity index (χ3v) is 9.43. The number of benzene rings is 1. The number of fused-ring (bicyclic) bond motifs is 3. The number of halogens is 1. The summed E-state index contributed by atoms with van der Waals surface area (Å²) < 4.78 is 12.3. The minimum Gasteiger partial charge on any atom is -0.504 e. The summed E-state index contributed by atoms with van der Waals surface area (Å²) >= 11 is 2.11. The number of phenols is 1. The van der Waals surface area contributed by atoms with E-state index >= 15 is 0 Å². The zero-order valence-electron chi connectivity index (χ0n) is 21.4. The van der Waals surface area contributed by atoms with Crippen molar-refractivity contribution in [2.24, 2.45) is 17.8 Å². The summed E-state index contributed by atoms with van der Waals surface area (Å²) in [7, 11) is 1.56. The molecule has 2 saturated heterocycles. The molecule has 5 rings (SSSR count). The van der Waals surface area contributed by atoms with Gasteiger partial charge in [0.05, 0.1) is 35.2 Å². The van der Waals surface area contributed by atoms with Crippen LogP contribution < -0.4 is 4.74 Å². The summed E-state index contributed by atoms with van der Waals surface area (Å²) in [5.41, 5.74) is 4.73. The van der Waals surface area contributed by atoms with Crippen molar-refractivity contribution in [3.8, 4) is 11.5 Å². The predicted molar refractivity (Wildman–Crippen MR) is 147 cm³/mol. The van der Waals surface area contributed by atoms with Gasteiger partial charge >= 0.3 is 0 Å². The van der Waals surface area contributed by atoms with Gasteiger partial charge in [0.1, 0.15) is 0 Å². The molecule has 0 radical (unpaired) electrons. The summed E-state index contributed by atoms with van der Waals surface area (Å²) in [4.78, 5) is 28.6. The second kappa shape index (κ2) is 10.5. The highest BCUT2D eigenvalue weighted by atomic mass is 127. The number of rotatable bonds is 6. The Morgan fingerprint density at radius 3 is 2.67 bits per heavy atom.